The average Bonchev–Trinajstić information content (AvgIpc) is 2.80. The molecular weight excluding hydrogens is 244 g/mol. The lowest BCUT2D eigenvalue weighted by Gasteiger charge is -2.19. The molecule has 1 unspecified atom stereocenters. The maximum Gasteiger partial charge on any atom is 0.255 e. The molecule has 0 radical (unpaired) electrons. The summed E-state index contributed by atoms with van der Waals surface area (Å²) in [7, 11) is 0. The molecule has 1 aliphatic heterocycles. The van der Waals surface area contributed by atoms with Crippen LogP contribution in [0.25, 0.3) is 0 Å². The van der Waals surface area contributed by atoms with Crippen LogP contribution in [0.2, 0.25) is 0 Å². The second kappa shape index (κ2) is 4.77. The fourth-order valence-electron chi connectivity index (χ4n) is 2.86. The van der Waals surface area contributed by atoms with E-state index in [0.29, 0.717) is 25.5 Å². The molecular formula is C13H18N4O2. The molecule has 0 spiro atoms. The fraction of sp³-hybridized carbons (Fsp3) is 0.615. The molecule has 1 aromatic heterocycles. The second-order valence-corrected chi connectivity index (χ2v) is 5.33. The first-order valence-corrected chi connectivity index (χ1v) is 6.81. The van der Waals surface area contributed by atoms with Crippen LogP contribution in [-0.2, 0) is 17.6 Å². The summed E-state index contributed by atoms with van der Waals surface area (Å²) >= 11 is 0. The molecule has 2 heterocycles. The molecule has 1 atom stereocenters. The number of carbonyl (C=O) groups excluding carboxylic acids is 1. The monoisotopic (exact) mass is 262 g/mol. The Hall–Kier alpha value is -1.69. The van der Waals surface area contributed by atoms with Crippen molar-refractivity contribution < 1.29 is 4.79 Å². The van der Waals surface area contributed by atoms with Crippen molar-refractivity contribution in [3.05, 3.63) is 21.6 Å². The van der Waals surface area contributed by atoms with E-state index in [4.69, 9.17) is 5.73 Å². The lowest BCUT2D eigenvalue weighted by molar-refractivity contribution is -0.117. The van der Waals surface area contributed by atoms with E-state index in [1.165, 1.54) is 0 Å². The Bertz CT molecular complexity index is 566. The number of hydrogen-bond acceptors (Lipinski definition) is 4. The summed E-state index contributed by atoms with van der Waals surface area (Å²) in [4.78, 5) is 32.8. The Kier molecular flexibility index (Phi) is 3.10. The minimum Gasteiger partial charge on any atom is -0.330 e. The Labute approximate surface area is 111 Å². The number of fused-ring (bicyclic) bond motifs is 1. The van der Waals surface area contributed by atoms with Gasteiger partial charge in [-0.25, -0.2) is 4.98 Å². The van der Waals surface area contributed by atoms with Crippen molar-refractivity contribution in [3.8, 4) is 0 Å². The van der Waals surface area contributed by atoms with Gasteiger partial charge in [0.25, 0.3) is 5.56 Å². The molecule has 19 heavy (non-hydrogen) atoms. The average molecular weight is 262 g/mol. The third-order valence-electron chi connectivity index (χ3n) is 3.97. The topological polar surface area (TPSA) is 92.1 Å². The molecule has 2 aliphatic rings. The molecule has 1 saturated heterocycles. The Morgan fingerprint density at radius 1 is 1.32 bits per heavy atom. The lowest BCUT2D eigenvalue weighted by Crippen LogP contribution is -2.32. The predicted octanol–water partition coefficient (Wildman–Crippen LogP) is -0.0397. The molecule has 0 saturated carbocycles. The van der Waals surface area contributed by atoms with Crippen molar-refractivity contribution in [1.82, 2.24) is 9.97 Å². The van der Waals surface area contributed by atoms with Crippen LogP contribution in [-0.4, -0.2) is 29.0 Å². The lowest BCUT2D eigenvalue weighted by atomic mass is 9.97. The summed E-state index contributed by atoms with van der Waals surface area (Å²) in [6, 6.07) is 0. The van der Waals surface area contributed by atoms with E-state index in [1.54, 1.807) is 4.90 Å². The van der Waals surface area contributed by atoms with Gasteiger partial charge in [-0.15, -0.1) is 0 Å². The van der Waals surface area contributed by atoms with E-state index in [9.17, 15) is 9.59 Å². The van der Waals surface area contributed by atoms with Crippen LogP contribution in [0.15, 0.2) is 4.79 Å². The van der Waals surface area contributed by atoms with Crippen LogP contribution in [0.5, 0.6) is 0 Å². The van der Waals surface area contributed by atoms with Crippen molar-refractivity contribution >= 4 is 11.9 Å². The molecule has 0 bridgehead atoms. The molecule has 3 rings (SSSR count). The highest BCUT2D eigenvalue weighted by Crippen LogP contribution is 2.23. The Morgan fingerprint density at radius 3 is 2.84 bits per heavy atom. The number of aryl methyl sites for hydroxylation is 1. The van der Waals surface area contributed by atoms with Crippen LogP contribution in [0.3, 0.4) is 0 Å². The summed E-state index contributed by atoms with van der Waals surface area (Å²) in [5, 5.41) is 0. The zero-order chi connectivity index (χ0) is 13.4. The minimum absolute atomic E-state index is 0.00522. The van der Waals surface area contributed by atoms with Crippen LogP contribution >= 0.6 is 0 Å². The minimum atomic E-state index is -0.0938. The second-order valence-electron chi connectivity index (χ2n) is 5.33. The highest BCUT2D eigenvalue weighted by Gasteiger charge is 2.31. The van der Waals surface area contributed by atoms with Gasteiger partial charge in [-0.2, -0.15) is 0 Å². The number of hydrogen-bond donors (Lipinski definition) is 2. The van der Waals surface area contributed by atoms with E-state index in [-0.39, 0.29) is 17.4 Å². The fourth-order valence-corrected chi connectivity index (χ4v) is 2.86. The third kappa shape index (κ3) is 2.16. The van der Waals surface area contributed by atoms with E-state index in [0.717, 1.165) is 36.9 Å². The molecule has 1 aromatic rings. The first-order valence-electron chi connectivity index (χ1n) is 6.81. The third-order valence-corrected chi connectivity index (χ3v) is 3.97. The smallest absolute Gasteiger partial charge is 0.255 e. The van der Waals surface area contributed by atoms with E-state index >= 15 is 0 Å². The summed E-state index contributed by atoms with van der Waals surface area (Å²) < 4.78 is 0. The molecule has 6 heteroatoms. The largest absolute Gasteiger partial charge is 0.330 e. The van der Waals surface area contributed by atoms with E-state index in [1.807, 2.05) is 0 Å². The van der Waals surface area contributed by atoms with Crippen molar-refractivity contribution in [3.63, 3.8) is 0 Å². The van der Waals surface area contributed by atoms with Crippen molar-refractivity contribution in [1.29, 1.82) is 0 Å². The standard InChI is InChI=1S/C13H18N4O2/c14-6-8-5-11(18)17(7-8)13-15-10-4-2-1-3-9(10)12(19)16-13/h8H,1-7,14H2,(H,15,16,19). The summed E-state index contributed by atoms with van der Waals surface area (Å²) in [6.45, 7) is 1.04. The maximum absolute atomic E-state index is 12.0. The van der Waals surface area contributed by atoms with Crippen LogP contribution in [0.4, 0.5) is 5.95 Å². The highest BCUT2D eigenvalue weighted by molar-refractivity contribution is 5.94. The van der Waals surface area contributed by atoms with Crippen LogP contribution in [0, 0.1) is 5.92 Å². The van der Waals surface area contributed by atoms with Gasteiger partial charge in [-0.05, 0) is 38.1 Å². The highest BCUT2D eigenvalue weighted by atomic mass is 16.2. The summed E-state index contributed by atoms with van der Waals surface area (Å²) in [6.07, 6.45) is 4.15. The molecule has 6 nitrogen and oxygen atoms in total. The molecule has 1 amide bonds. The van der Waals surface area contributed by atoms with Crippen molar-refractivity contribution in [2.75, 3.05) is 18.0 Å². The number of nitrogens with one attached hydrogen (secondary N) is 1. The molecule has 1 fully saturated rings. The number of carbonyl (C=O) groups is 1. The number of aromatic nitrogens is 2. The van der Waals surface area contributed by atoms with Crippen molar-refractivity contribution in [2.24, 2.45) is 11.7 Å². The predicted molar refractivity (Wildman–Crippen MR) is 71.0 cm³/mol. The van der Waals surface area contributed by atoms with E-state index in [2.05, 4.69) is 9.97 Å². The number of amides is 1. The van der Waals surface area contributed by atoms with Gasteiger partial charge in [0.2, 0.25) is 11.9 Å². The number of aromatic amines is 1. The van der Waals surface area contributed by atoms with E-state index < -0.39 is 0 Å². The molecule has 3 N–H and O–H groups in total. The quantitative estimate of drug-likeness (QED) is 0.782. The Morgan fingerprint density at radius 2 is 2.11 bits per heavy atom. The number of nitrogens with zero attached hydrogens (tertiary/aromatic N) is 2. The van der Waals surface area contributed by atoms with Gasteiger partial charge >= 0.3 is 0 Å². The first-order chi connectivity index (χ1) is 9.19. The van der Waals surface area contributed by atoms with Crippen LogP contribution < -0.4 is 16.2 Å². The number of anilines is 1. The number of nitrogens with two attached hydrogens (primary N) is 1. The van der Waals surface area contributed by atoms with Gasteiger partial charge in [-0.3, -0.25) is 19.5 Å². The van der Waals surface area contributed by atoms with Gasteiger partial charge in [-0.1, -0.05) is 0 Å². The van der Waals surface area contributed by atoms with Gasteiger partial charge in [0, 0.05) is 18.5 Å². The van der Waals surface area contributed by atoms with Crippen molar-refractivity contribution in [2.45, 2.75) is 32.1 Å². The number of H-pyrrole nitrogens is 1. The zero-order valence-corrected chi connectivity index (χ0v) is 10.8. The normalized spacial score (nSPS) is 22.7. The SMILES string of the molecule is NCC1CC(=O)N(c2nc3c(c(=O)[nH]2)CCCC3)C1. The number of rotatable bonds is 2. The summed E-state index contributed by atoms with van der Waals surface area (Å²) in [5.41, 5.74) is 7.16. The van der Waals surface area contributed by atoms with Crippen LogP contribution in [0.1, 0.15) is 30.5 Å². The first kappa shape index (κ1) is 12.3. The van der Waals surface area contributed by atoms with Gasteiger partial charge in [0.15, 0.2) is 0 Å². The van der Waals surface area contributed by atoms with Gasteiger partial charge in [0.05, 0.1) is 5.69 Å². The Balaban J connectivity index is 1.96. The summed E-state index contributed by atoms with van der Waals surface area (Å²) in [5.74, 6) is 0.551. The molecule has 1 aliphatic carbocycles. The molecule has 102 valence electrons. The molecule has 0 aromatic carbocycles. The van der Waals surface area contributed by atoms with Gasteiger partial charge < -0.3 is 5.73 Å². The zero-order valence-electron chi connectivity index (χ0n) is 10.8. The van der Waals surface area contributed by atoms with Gasteiger partial charge in [0.1, 0.15) is 0 Å². The maximum atomic E-state index is 12.0.